The Hall–Kier alpha value is -3.20. The Kier molecular flexibility index (Phi) is 6.28. The summed E-state index contributed by atoms with van der Waals surface area (Å²) in [6.07, 6.45) is 0. The third-order valence-electron chi connectivity index (χ3n) is 3.86. The fourth-order valence-corrected chi connectivity index (χ4v) is 3.09. The molecule has 3 aromatic rings. The van der Waals surface area contributed by atoms with E-state index in [4.69, 9.17) is 5.84 Å². The highest BCUT2D eigenvalue weighted by Gasteiger charge is 2.23. The summed E-state index contributed by atoms with van der Waals surface area (Å²) in [6, 6.07) is 16.6. The molecule has 150 valence electrons. The molecular formula is C20H23N7OS. The molecule has 9 heteroatoms. The molecule has 2 aromatic carbocycles. The van der Waals surface area contributed by atoms with Crippen molar-refractivity contribution in [2.24, 2.45) is 10.2 Å². The number of anilines is 1. The van der Waals surface area contributed by atoms with Crippen molar-refractivity contribution in [1.82, 2.24) is 14.9 Å². The van der Waals surface area contributed by atoms with Crippen LogP contribution in [0.3, 0.4) is 0 Å². The minimum atomic E-state index is -0.220. The molecule has 3 rings (SSSR count). The Morgan fingerprint density at radius 3 is 2.24 bits per heavy atom. The van der Waals surface area contributed by atoms with Crippen molar-refractivity contribution in [2.45, 2.75) is 31.3 Å². The molecule has 1 amide bonds. The number of amides is 1. The van der Waals surface area contributed by atoms with Gasteiger partial charge in [0.05, 0.1) is 17.1 Å². The lowest BCUT2D eigenvalue weighted by molar-refractivity contribution is -0.113. The molecule has 0 atom stereocenters. The number of benzene rings is 2. The highest BCUT2D eigenvalue weighted by molar-refractivity contribution is 7.99. The van der Waals surface area contributed by atoms with E-state index in [9.17, 15) is 4.79 Å². The molecule has 0 unspecified atom stereocenters. The molecule has 0 aliphatic heterocycles. The van der Waals surface area contributed by atoms with Gasteiger partial charge in [0.2, 0.25) is 11.1 Å². The predicted molar refractivity (Wildman–Crippen MR) is 115 cm³/mol. The molecule has 29 heavy (non-hydrogen) atoms. The Morgan fingerprint density at radius 2 is 1.66 bits per heavy atom. The van der Waals surface area contributed by atoms with Gasteiger partial charge in [0, 0.05) is 11.1 Å². The maximum Gasteiger partial charge on any atom is 0.234 e. The van der Waals surface area contributed by atoms with Gasteiger partial charge in [-0.3, -0.25) is 4.79 Å². The molecular weight excluding hydrogens is 386 g/mol. The fourth-order valence-electron chi connectivity index (χ4n) is 2.44. The van der Waals surface area contributed by atoms with Crippen LogP contribution in [0, 0.1) is 0 Å². The smallest absolute Gasteiger partial charge is 0.234 e. The second kappa shape index (κ2) is 8.87. The summed E-state index contributed by atoms with van der Waals surface area (Å²) in [5.41, 5.74) is 1.94. The van der Waals surface area contributed by atoms with Gasteiger partial charge in [-0.15, -0.1) is 10.2 Å². The summed E-state index contributed by atoms with van der Waals surface area (Å²) in [4.78, 5) is 12.2. The van der Waals surface area contributed by atoms with E-state index in [0.717, 1.165) is 5.69 Å². The zero-order valence-corrected chi connectivity index (χ0v) is 17.3. The largest absolute Gasteiger partial charge is 0.336 e. The summed E-state index contributed by atoms with van der Waals surface area (Å²) in [7, 11) is 0. The minimum absolute atomic E-state index is 0.158. The number of azo groups is 1. The lowest BCUT2D eigenvalue weighted by atomic mass is 9.96. The van der Waals surface area contributed by atoms with Gasteiger partial charge in [-0.2, -0.15) is 10.2 Å². The van der Waals surface area contributed by atoms with Gasteiger partial charge in [0.25, 0.3) is 0 Å². The minimum Gasteiger partial charge on any atom is -0.336 e. The van der Waals surface area contributed by atoms with Gasteiger partial charge < -0.3 is 11.2 Å². The van der Waals surface area contributed by atoms with Gasteiger partial charge >= 0.3 is 0 Å². The summed E-state index contributed by atoms with van der Waals surface area (Å²) in [5, 5.41) is 19.9. The van der Waals surface area contributed by atoms with Crippen LogP contribution in [0.5, 0.6) is 0 Å². The van der Waals surface area contributed by atoms with Crippen molar-refractivity contribution < 1.29 is 4.79 Å². The first kappa shape index (κ1) is 20.5. The number of hydrogen-bond acceptors (Lipinski definition) is 7. The number of nitrogens with one attached hydrogen (secondary N) is 1. The number of aromatic nitrogens is 3. The third-order valence-corrected chi connectivity index (χ3v) is 4.80. The molecule has 0 bridgehead atoms. The van der Waals surface area contributed by atoms with Crippen molar-refractivity contribution in [3.63, 3.8) is 0 Å². The van der Waals surface area contributed by atoms with Crippen LogP contribution < -0.4 is 11.2 Å². The molecule has 0 aliphatic rings. The van der Waals surface area contributed by atoms with Crippen LogP contribution in [0.1, 0.15) is 26.6 Å². The summed E-state index contributed by atoms with van der Waals surface area (Å²) in [6.45, 7) is 6.01. The van der Waals surface area contributed by atoms with Crippen LogP contribution in [0.25, 0.3) is 0 Å². The topological polar surface area (TPSA) is 111 Å². The Bertz CT molecular complexity index is 992. The normalized spacial score (nSPS) is 11.7. The van der Waals surface area contributed by atoms with Crippen molar-refractivity contribution in [3.05, 3.63) is 60.4 Å². The van der Waals surface area contributed by atoms with E-state index in [2.05, 4.69) is 25.7 Å². The number of nitrogens with zero attached hydrogens (tertiary/aromatic N) is 5. The van der Waals surface area contributed by atoms with E-state index in [0.29, 0.717) is 22.4 Å². The lowest BCUT2D eigenvalue weighted by Gasteiger charge is -2.16. The van der Waals surface area contributed by atoms with Crippen molar-refractivity contribution in [1.29, 1.82) is 0 Å². The monoisotopic (exact) mass is 409 g/mol. The second-order valence-corrected chi connectivity index (χ2v) is 8.29. The molecule has 3 N–H and O–H groups in total. The third kappa shape index (κ3) is 5.64. The van der Waals surface area contributed by atoms with Gasteiger partial charge in [-0.25, -0.2) is 4.68 Å². The van der Waals surface area contributed by atoms with Crippen LogP contribution >= 0.6 is 11.8 Å². The summed E-state index contributed by atoms with van der Waals surface area (Å²) < 4.78 is 1.44. The molecule has 0 fully saturated rings. The molecule has 0 aliphatic carbocycles. The van der Waals surface area contributed by atoms with Crippen molar-refractivity contribution in [2.75, 3.05) is 16.9 Å². The van der Waals surface area contributed by atoms with E-state index in [1.54, 1.807) is 24.3 Å². The van der Waals surface area contributed by atoms with E-state index in [1.807, 2.05) is 51.1 Å². The molecule has 1 heterocycles. The SMILES string of the molecule is CC(C)(C)c1nnc(SCC(=O)Nc2ccc(N=Nc3ccccc3)cc2)n1N. The highest BCUT2D eigenvalue weighted by atomic mass is 32.2. The first-order chi connectivity index (χ1) is 13.8. The van der Waals surface area contributed by atoms with E-state index >= 15 is 0 Å². The quantitative estimate of drug-likeness (QED) is 0.355. The summed E-state index contributed by atoms with van der Waals surface area (Å²) in [5.74, 6) is 6.72. The maximum absolute atomic E-state index is 12.2. The molecule has 0 radical (unpaired) electrons. The van der Waals surface area contributed by atoms with Crippen LogP contribution in [0.2, 0.25) is 0 Å². The number of nitrogens with two attached hydrogens (primary N) is 1. The first-order valence-corrected chi connectivity index (χ1v) is 10.0. The van der Waals surface area contributed by atoms with E-state index in [1.165, 1.54) is 16.4 Å². The molecule has 1 aromatic heterocycles. The van der Waals surface area contributed by atoms with E-state index in [-0.39, 0.29) is 17.1 Å². The van der Waals surface area contributed by atoms with Gasteiger partial charge in [-0.05, 0) is 36.4 Å². The Labute approximate surface area is 173 Å². The van der Waals surface area contributed by atoms with Gasteiger partial charge in [0.1, 0.15) is 0 Å². The average Bonchev–Trinajstić information content (AvgIpc) is 3.07. The lowest BCUT2D eigenvalue weighted by Crippen LogP contribution is -2.24. The van der Waals surface area contributed by atoms with Crippen molar-refractivity contribution in [3.8, 4) is 0 Å². The number of nitrogen functional groups attached to an aromatic ring is 1. The highest BCUT2D eigenvalue weighted by Crippen LogP contribution is 2.24. The zero-order chi connectivity index (χ0) is 20.9. The van der Waals surface area contributed by atoms with Gasteiger partial charge in [-0.1, -0.05) is 50.7 Å². The number of carbonyl (C=O) groups excluding carboxylic acids is 1. The number of rotatable bonds is 6. The number of hydrogen-bond donors (Lipinski definition) is 2. The van der Waals surface area contributed by atoms with Crippen LogP contribution in [0.15, 0.2) is 70.0 Å². The molecule has 0 spiro atoms. The van der Waals surface area contributed by atoms with Crippen LogP contribution in [0.4, 0.5) is 17.1 Å². The molecule has 8 nitrogen and oxygen atoms in total. The molecule has 0 saturated carbocycles. The Balaban J connectivity index is 1.53. The zero-order valence-electron chi connectivity index (χ0n) is 16.5. The van der Waals surface area contributed by atoms with Crippen LogP contribution in [-0.2, 0) is 10.2 Å². The average molecular weight is 410 g/mol. The fraction of sp³-hybridized carbons (Fsp3) is 0.250. The van der Waals surface area contributed by atoms with E-state index < -0.39 is 0 Å². The van der Waals surface area contributed by atoms with Crippen molar-refractivity contribution >= 4 is 34.7 Å². The maximum atomic E-state index is 12.2. The second-order valence-electron chi connectivity index (χ2n) is 7.35. The number of carbonyl (C=O) groups is 1. The predicted octanol–water partition coefficient (Wildman–Crippen LogP) is 4.44. The summed E-state index contributed by atoms with van der Waals surface area (Å²) >= 11 is 1.24. The first-order valence-electron chi connectivity index (χ1n) is 9.03. The van der Waals surface area contributed by atoms with Crippen LogP contribution in [-0.4, -0.2) is 26.5 Å². The molecule has 0 saturated heterocycles. The number of thioether (sulfide) groups is 1. The van der Waals surface area contributed by atoms with Gasteiger partial charge in [0.15, 0.2) is 5.82 Å². The standard InChI is InChI=1S/C20H23N7OS/c1-20(2,3)18-25-26-19(27(18)21)29-13-17(28)22-14-9-11-16(12-10-14)24-23-15-7-5-4-6-8-15/h4-12H,13,21H2,1-3H3,(H,22,28). The Morgan fingerprint density at radius 1 is 1.03 bits per heavy atom.